The number of rotatable bonds is 4. The first kappa shape index (κ1) is 11.9. The molecule has 0 amide bonds. The Morgan fingerprint density at radius 2 is 2.18 bits per heavy atom. The normalized spacial score (nSPS) is 12.2. The van der Waals surface area contributed by atoms with Crippen LogP contribution < -0.4 is 9.47 Å². The number of methoxy groups -OCH3 is 2. The molecule has 2 aromatic rings. The van der Waals surface area contributed by atoms with E-state index in [9.17, 15) is 5.11 Å². The monoisotopic (exact) mass is 251 g/mol. The number of pyridine rings is 1. The van der Waals surface area contributed by atoms with Crippen LogP contribution in [-0.4, -0.2) is 24.3 Å². The van der Waals surface area contributed by atoms with Crippen LogP contribution in [0.25, 0.3) is 0 Å². The molecule has 0 fully saturated rings. The Bertz CT molecular complexity index is 498. The van der Waals surface area contributed by atoms with Crippen molar-refractivity contribution >= 4 is 11.3 Å². The fourth-order valence-electron chi connectivity index (χ4n) is 1.50. The maximum Gasteiger partial charge on any atom is 0.143 e. The Morgan fingerprint density at radius 3 is 2.82 bits per heavy atom. The van der Waals surface area contributed by atoms with E-state index in [4.69, 9.17) is 9.47 Å². The summed E-state index contributed by atoms with van der Waals surface area (Å²) in [6.45, 7) is 0. The van der Waals surface area contributed by atoms with E-state index in [0.717, 1.165) is 10.6 Å². The summed E-state index contributed by atoms with van der Waals surface area (Å²) in [5.41, 5.74) is 0.513. The van der Waals surface area contributed by atoms with Crippen molar-refractivity contribution in [2.24, 2.45) is 0 Å². The molecular weight excluding hydrogens is 238 g/mol. The van der Waals surface area contributed by atoms with E-state index in [1.165, 1.54) is 11.3 Å². The molecule has 17 heavy (non-hydrogen) atoms. The fraction of sp³-hybridized carbons (Fsp3) is 0.250. The Labute approximate surface area is 103 Å². The zero-order valence-electron chi connectivity index (χ0n) is 9.58. The lowest BCUT2D eigenvalue weighted by Crippen LogP contribution is -2.03. The van der Waals surface area contributed by atoms with Gasteiger partial charge in [0.05, 0.1) is 14.2 Å². The molecule has 0 radical (unpaired) electrons. The van der Waals surface area contributed by atoms with Crippen molar-refractivity contribution in [3.8, 4) is 11.5 Å². The number of aromatic nitrogens is 1. The summed E-state index contributed by atoms with van der Waals surface area (Å²) < 4.78 is 10.3. The molecule has 1 N–H and O–H groups in total. The van der Waals surface area contributed by atoms with Crippen LogP contribution in [0.2, 0.25) is 0 Å². The Morgan fingerprint density at radius 1 is 1.35 bits per heavy atom. The van der Waals surface area contributed by atoms with Crippen LogP contribution in [0.5, 0.6) is 11.5 Å². The van der Waals surface area contributed by atoms with Gasteiger partial charge in [0.15, 0.2) is 0 Å². The molecule has 1 unspecified atom stereocenters. The van der Waals surface area contributed by atoms with Crippen molar-refractivity contribution in [1.29, 1.82) is 0 Å². The van der Waals surface area contributed by atoms with Gasteiger partial charge in [-0.05, 0) is 18.2 Å². The predicted molar refractivity (Wildman–Crippen MR) is 65.7 cm³/mol. The molecule has 0 aromatic carbocycles. The molecule has 0 bridgehead atoms. The third-order valence-corrected chi connectivity index (χ3v) is 3.34. The van der Waals surface area contributed by atoms with Gasteiger partial charge in [0.25, 0.3) is 0 Å². The molecule has 4 nitrogen and oxygen atoms in total. The second-order valence-electron chi connectivity index (χ2n) is 3.38. The molecule has 0 saturated carbocycles. The van der Waals surface area contributed by atoms with Crippen LogP contribution in [0.15, 0.2) is 29.8 Å². The second-order valence-corrected chi connectivity index (χ2v) is 4.33. The van der Waals surface area contributed by atoms with Gasteiger partial charge in [-0.15, -0.1) is 11.3 Å². The average molecular weight is 251 g/mol. The van der Waals surface area contributed by atoms with E-state index in [2.05, 4.69) is 4.98 Å². The van der Waals surface area contributed by atoms with Gasteiger partial charge in [-0.3, -0.25) is 4.98 Å². The SMILES string of the molecule is COc1csc(C(O)c2ncccc2OC)c1. The lowest BCUT2D eigenvalue weighted by Gasteiger charge is -2.11. The fourth-order valence-corrected chi connectivity index (χ4v) is 2.34. The van der Waals surface area contributed by atoms with Gasteiger partial charge in [0, 0.05) is 16.5 Å². The minimum Gasteiger partial charge on any atom is -0.496 e. The summed E-state index contributed by atoms with van der Waals surface area (Å²) >= 11 is 1.43. The first-order valence-electron chi connectivity index (χ1n) is 5.05. The van der Waals surface area contributed by atoms with E-state index in [-0.39, 0.29) is 0 Å². The molecule has 90 valence electrons. The maximum atomic E-state index is 10.2. The lowest BCUT2D eigenvalue weighted by atomic mass is 10.2. The highest BCUT2D eigenvalue weighted by molar-refractivity contribution is 7.10. The molecule has 5 heteroatoms. The van der Waals surface area contributed by atoms with Crippen LogP contribution in [0, 0.1) is 0 Å². The van der Waals surface area contributed by atoms with E-state index < -0.39 is 6.10 Å². The molecule has 0 saturated heterocycles. The zero-order valence-corrected chi connectivity index (χ0v) is 10.4. The van der Waals surface area contributed by atoms with Gasteiger partial charge in [-0.2, -0.15) is 0 Å². The number of hydrogen-bond donors (Lipinski definition) is 1. The van der Waals surface area contributed by atoms with E-state index in [1.807, 2.05) is 5.38 Å². The van der Waals surface area contributed by atoms with Crippen molar-refractivity contribution < 1.29 is 14.6 Å². The molecule has 2 aromatic heterocycles. The maximum absolute atomic E-state index is 10.2. The van der Waals surface area contributed by atoms with Crippen molar-refractivity contribution in [1.82, 2.24) is 4.98 Å². The topological polar surface area (TPSA) is 51.6 Å². The molecule has 0 aliphatic rings. The van der Waals surface area contributed by atoms with E-state index in [1.54, 1.807) is 38.6 Å². The molecule has 2 heterocycles. The first-order chi connectivity index (χ1) is 8.26. The van der Waals surface area contributed by atoms with Crippen molar-refractivity contribution in [2.45, 2.75) is 6.10 Å². The summed E-state index contributed by atoms with van der Waals surface area (Å²) in [6, 6.07) is 5.34. The molecular formula is C12H13NO3S. The van der Waals surface area contributed by atoms with Gasteiger partial charge in [0.1, 0.15) is 23.3 Å². The zero-order chi connectivity index (χ0) is 12.3. The third-order valence-electron chi connectivity index (χ3n) is 2.38. The number of ether oxygens (including phenoxy) is 2. The van der Waals surface area contributed by atoms with Crippen molar-refractivity contribution in [2.75, 3.05) is 14.2 Å². The number of aliphatic hydroxyl groups is 1. The Balaban J connectivity index is 2.32. The Hall–Kier alpha value is -1.59. The second kappa shape index (κ2) is 5.16. The van der Waals surface area contributed by atoms with Crippen LogP contribution in [0.4, 0.5) is 0 Å². The van der Waals surface area contributed by atoms with E-state index in [0.29, 0.717) is 11.4 Å². The van der Waals surface area contributed by atoms with Gasteiger partial charge < -0.3 is 14.6 Å². The standard InChI is InChI=1S/C12H13NO3S/c1-15-8-6-10(17-7-8)12(14)11-9(16-2)4-3-5-13-11/h3-7,12,14H,1-2H3. The van der Waals surface area contributed by atoms with Crippen LogP contribution in [0.1, 0.15) is 16.7 Å². The molecule has 0 spiro atoms. The first-order valence-corrected chi connectivity index (χ1v) is 5.93. The van der Waals surface area contributed by atoms with E-state index >= 15 is 0 Å². The summed E-state index contributed by atoms with van der Waals surface area (Å²) in [5.74, 6) is 1.31. The molecule has 0 aliphatic carbocycles. The number of thiophene rings is 1. The van der Waals surface area contributed by atoms with Crippen LogP contribution >= 0.6 is 11.3 Å². The largest absolute Gasteiger partial charge is 0.496 e. The number of aliphatic hydroxyl groups excluding tert-OH is 1. The lowest BCUT2D eigenvalue weighted by molar-refractivity contribution is 0.212. The van der Waals surface area contributed by atoms with Gasteiger partial charge >= 0.3 is 0 Å². The number of hydrogen-bond acceptors (Lipinski definition) is 5. The molecule has 1 atom stereocenters. The minimum atomic E-state index is -0.792. The summed E-state index contributed by atoms with van der Waals surface area (Å²) in [6.07, 6.45) is 0.839. The van der Waals surface area contributed by atoms with Crippen LogP contribution in [-0.2, 0) is 0 Å². The highest BCUT2D eigenvalue weighted by Gasteiger charge is 2.18. The van der Waals surface area contributed by atoms with Crippen molar-refractivity contribution in [3.63, 3.8) is 0 Å². The van der Waals surface area contributed by atoms with Gasteiger partial charge in [-0.25, -0.2) is 0 Å². The Kier molecular flexibility index (Phi) is 3.61. The number of nitrogens with zero attached hydrogens (tertiary/aromatic N) is 1. The predicted octanol–water partition coefficient (Wildman–Crippen LogP) is 2.24. The van der Waals surface area contributed by atoms with Crippen LogP contribution in [0.3, 0.4) is 0 Å². The average Bonchev–Trinajstić information content (AvgIpc) is 2.86. The van der Waals surface area contributed by atoms with Gasteiger partial charge in [0.2, 0.25) is 0 Å². The summed E-state index contributed by atoms with van der Waals surface area (Å²) in [4.78, 5) is 4.93. The summed E-state index contributed by atoms with van der Waals surface area (Å²) in [7, 11) is 3.15. The smallest absolute Gasteiger partial charge is 0.143 e. The third kappa shape index (κ3) is 2.40. The highest BCUT2D eigenvalue weighted by Crippen LogP contribution is 2.33. The molecule has 0 aliphatic heterocycles. The minimum absolute atomic E-state index is 0.513. The van der Waals surface area contributed by atoms with Crippen molar-refractivity contribution in [3.05, 3.63) is 40.3 Å². The summed E-state index contributed by atoms with van der Waals surface area (Å²) in [5, 5.41) is 12.1. The highest BCUT2D eigenvalue weighted by atomic mass is 32.1. The molecule has 2 rings (SSSR count). The van der Waals surface area contributed by atoms with Gasteiger partial charge in [-0.1, -0.05) is 0 Å². The quantitative estimate of drug-likeness (QED) is 0.905.